The molecule has 1 aliphatic rings. The first-order valence-electron chi connectivity index (χ1n) is 9.61. The molecule has 6 nitrogen and oxygen atoms in total. The van der Waals surface area contributed by atoms with E-state index in [1.165, 1.54) is 22.5 Å². The summed E-state index contributed by atoms with van der Waals surface area (Å²) in [6.07, 6.45) is 0.826. The number of amides is 1. The number of hydrogen-bond acceptors (Lipinski definition) is 4. The number of rotatable bonds is 6. The fourth-order valence-corrected chi connectivity index (χ4v) is 4.97. The van der Waals surface area contributed by atoms with Crippen LogP contribution in [0.4, 0.5) is 10.1 Å². The highest BCUT2D eigenvalue weighted by Crippen LogP contribution is 2.28. The lowest BCUT2D eigenvalue weighted by Crippen LogP contribution is -2.41. The van der Waals surface area contributed by atoms with Gasteiger partial charge in [0.1, 0.15) is 11.6 Å². The number of benzene rings is 2. The van der Waals surface area contributed by atoms with E-state index in [2.05, 4.69) is 5.32 Å². The minimum atomic E-state index is -3.63. The Morgan fingerprint density at radius 2 is 1.93 bits per heavy atom. The van der Waals surface area contributed by atoms with Crippen LogP contribution in [0.15, 0.2) is 47.4 Å². The van der Waals surface area contributed by atoms with E-state index >= 15 is 0 Å². The number of hydrogen-bond donors (Lipinski definition) is 1. The number of ether oxygens (including phenoxy) is 1. The van der Waals surface area contributed by atoms with Gasteiger partial charge in [-0.15, -0.1) is 0 Å². The number of carbonyl (C=O) groups is 1. The van der Waals surface area contributed by atoms with Crippen molar-refractivity contribution >= 4 is 21.6 Å². The molecule has 0 aliphatic carbocycles. The predicted octanol–water partition coefficient (Wildman–Crippen LogP) is 3.57. The molecule has 1 N–H and O–H groups in total. The zero-order chi connectivity index (χ0) is 21.0. The molecule has 0 spiro atoms. The van der Waals surface area contributed by atoms with E-state index in [0.29, 0.717) is 30.9 Å². The molecule has 0 unspecified atom stereocenters. The standard InChI is InChI=1S/C21H25FN2O4S/c1-3-28-20-8-7-19(13-15(20)2)29(26,27)24-11-9-16(10-12-24)21(25)23-18-6-4-5-17(22)14-18/h4-8,13-14,16H,3,9-12H2,1-2H3,(H,23,25). The van der Waals surface area contributed by atoms with Crippen molar-refractivity contribution in [1.82, 2.24) is 4.31 Å². The Balaban J connectivity index is 1.63. The van der Waals surface area contributed by atoms with Gasteiger partial charge in [-0.25, -0.2) is 12.8 Å². The van der Waals surface area contributed by atoms with Crippen molar-refractivity contribution in [2.45, 2.75) is 31.6 Å². The van der Waals surface area contributed by atoms with E-state index in [1.807, 2.05) is 13.8 Å². The molecule has 3 rings (SSSR count). The minimum absolute atomic E-state index is 0.218. The summed E-state index contributed by atoms with van der Waals surface area (Å²) in [5.74, 6) is -0.287. The van der Waals surface area contributed by atoms with Gasteiger partial charge in [0.2, 0.25) is 15.9 Å². The molecule has 1 fully saturated rings. The summed E-state index contributed by atoms with van der Waals surface area (Å²) in [4.78, 5) is 12.7. The van der Waals surface area contributed by atoms with Crippen LogP contribution in [0.5, 0.6) is 5.75 Å². The normalized spacial score (nSPS) is 15.8. The maximum absolute atomic E-state index is 13.3. The summed E-state index contributed by atoms with van der Waals surface area (Å²) in [6, 6.07) is 10.5. The molecule has 0 saturated carbocycles. The molecule has 8 heteroatoms. The van der Waals surface area contributed by atoms with E-state index in [-0.39, 0.29) is 29.8 Å². The van der Waals surface area contributed by atoms with Gasteiger partial charge in [-0.2, -0.15) is 4.31 Å². The third-order valence-electron chi connectivity index (χ3n) is 5.00. The molecular weight excluding hydrogens is 395 g/mol. The number of nitrogens with zero attached hydrogens (tertiary/aromatic N) is 1. The zero-order valence-electron chi connectivity index (χ0n) is 16.5. The van der Waals surface area contributed by atoms with Gasteiger partial charge in [0.15, 0.2) is 0 Å². The molecule has 0 aromatic heterocycles. The quantitative estimate of drug-likeness (QED) is 0.775. The number of carbonyl (C=O) groups excluding carboxylic acids is 1. The van der Waals surface area contributed by atoms with Crippen LogP contribution in [0.3, 0.4) is 0 Å². The molecule has 0 atom stereocenters. The molecular formula is C21H25FN2O4S. The van der Waals surface area contributed by atoms with Crippen molar-refractivity contribution in [3.05, 3.63) is 53.8 Å². The topological polar surface area (TPSA) is 75.7 Å². The number of anilines is 1. The lowest BCUT2D eigenvalue weighted by molar-refractivity contribution is -0.120. The van der Waals surface area contributed by atoms with Gasteiger partial charge in [0, 0.05) is 24.7 Å². The summed E-state index contributed by atoms with van der Waals surface area (Å²) in [6.45, 7) is 4.72. The maximum Gasteiger partial charge on any atom is 0.243 e. The monoisotopic (exact) mass is 420 g/mol. The first-order valence-corrected chi connectivity index (χ1v) is 11.1. The second kappa shape index (κ2) is 8.92. The molecule has 156 valence electrons. The van der Waals surface area contributed by atoms with E-state index in [0.717, 1.165) is 5.56 Å². The van der Waals surface area contributed by atoms with Crippen LogP contribution >= 0.6 is 0 Å². The Morgan fingerprint density at radius 3 is 2.55 bits per heavy atom. The first-order chi connectivity index (χ1) is 13.8. The van der Waals surface area contributed by atoms with Gasteiger partial charge in [-0.05, 0) is 68.7 Å². The molecule has 1 saturated heterocycles. The third-order valence-corrected chi connectivity index (χ3v) is 6.90. The molecule has 0 radical (unpaired) electrons. The van der Waals surface area contributed by atoms with Crippen LogP contribution in [-0.2, 0) is 14.8 Å². The molecule has 2 aromatic carbocycles. The average Bonchev–Trinajstić information content (AvgIpc) is 2.69. The van der Waals surface area contributed by atoms with Crippen LogP contribution in [0.1, 0.15) is 25.3 Å². The van der Waals surface area contributed by atoms with E-state index in [9.17, 15) is 17.6 Å². The number of piperidine rings is 1. The van der Waals surface area contributed by atoms with E-state index < -0.39 is 15.8 Å². The van der Waals surface area contributed by atoms with Crippen LogP contribution < -0.4 is 10.1 Å². The Morgan fingerprint density at radius 1 is 1.21 bits per heavy atom. The Kier molecular flexibility index (Phi) is 6.54. The lowest BCUT2D eigenvalue weighted by atomic mass is 9.97. The van der Waals surface area contributed by atoms with Crippen molar-refractivity contribution < 1.29 is 22.3 Å². The van der Waals surface area contributed by atoms with Crippen molar-refractivity contribution in [1.29, 1.82) is 0 Å². The summed E-state index contributed by atoms with van der Waals surface area (Å²) >= 11 is 0. The average molecular weight is 421 g/mol. The third kappa shape index (κ3) is 4.94. The summed E-state index contributed by atoms with van der Waals surface area (Å²) in [7, 11) is -3.63. The lowest BCUT2D eigenvalue weighted by Gasteiger charge is -2.30. The highest BCUT2D eigenvalue weighted by molar-refractivity contribution is 7.89. The first kappa shape index (κ1) is 21.3. The molecule has 1 heterocycles. The van der Waals surface area contributed by atoms with E-state index in [1.54, 1.807) is 24.3 Å². The van der Waals surface area contributed by atoms with Gasteiger partial charge in [-0.3, -0.25) is 4.79 Å². The molecule has 2 aromatic rings. The largest absolute Gasteiger partial charge is 0.494 e. The van der Waals surface area contributed by atoms with Crippen LogP contribution in [0.2, 0.25) is 0 Å². The Hall–Kier alpha value is -2.45. The van der Waals surface area contributed by atoms with Crippen LogP contribution in [0.25, 0.3) is 0 Å². The highest BCUT2D eigenvalue weighted by atomic mass is 32.2. The summed E-state index contributed by atoms with van der Waals surface area (Å²) < 4.78 is 46.1. The number of halogens is 1. The second-order valence-corrected chi connectivity index (χ2v) is 8.98. The minimum Gasteiger partial charge on any atom is -0.494 e. The van der Waals surface area contributed by atoms with Crippen LogP contribution in [0, 0.1) is 18.7 Å². The Bertz CT molecular complexity index is 986. The molecule has 29 heavy (non-hydrogen) atoms. The second-order valence-electron chi connectivity index (χ2n) is 7.04. The van der Waals surface area contributed by atoms with Crippen molar-refractivity contribution in [3.63, 3.8) is 0 Å². The predicted molar refractivity (Wildman–Crippen MR) is 109 cm³/mol. The highest BCUT2D eigenvalue weighted by Gasteiger charge is 2.32. The zero-order valence-corrected chi connectivity index (χ0v) is 17.3. The Labute approximate surface area is 170 Å². The number of aryl methyl sites for hydroxylation is 1. The van der Waals surface area contributed by atoms with Crippen LogP contribution in [-0.4, -0.2) is 38.3 Å². The van der Waals surface area contributed by atoms with Gasteiger partial charge < -0.3 is 10.1 Å². The maximum atomic E-state index is 13.3. The van der Waals surface area contributed by atoms with E-state index in [4.69, 9.17) is 4.74 Å². The summed E-state index contributed by atoms with van der Waals surface area (Å²) in [5, 5.41) is 2.70. The SMILES string of the molecule is CCOc1ccc(S(=O)(=O)N2CCC(C(=O)Nc3cccc(F)c3)CC2)cc1C. The van der Waals surface area contributed by atoms with Gasteiger partial charge in [0.05, 0.1) is 11.5 Å². The molecule has 1 aliphatic heterocycles. The summed E-state index contributed by atoms with van der Waals surface area (Å²) in [5.41, 5.74) is 1.16. The smallest absolute Gasteiger partial charge is 0.243 e. The molecule has 0 bridgehead atoms. The fourth-order valence-electron chi connectivity index (χ4n) is 3.42. The number of nitrogens with one attached hydrogen (secondary N) is 1. The van der Waals surface area contributed by atoms with Gasteiger partial charge in [-0.1, -0.05) is 6.07 Å². The van der Waals surface area contributed by atoms with Crippen molar-refractivity contribution in [2.24, 2.45) is 5.92 Å². The van der Waals surface area contributed by atoms with Crippen molar-refractivity contribution in [3.8, 4) is 5.75 Å². The molecule has 1 amide bonds. The fraction of sp³-hybridized carbons (Fsp3) is 0.381. The van der Waals surface area contributed by atoms with Gasteiger partial charge in [0.25, 0.3) is 0 Å². The number of sulfonamides is 1. The van der Waals surface area contributed by atoms with Crippen molar-refractivity contribution in [2.75, 3.05) is 25.0 Å². The van der Waals surface area contributed by atoms with Gasteiger partial charge >= 0.3 is 0 Å².